The van der Waals surface area contributed by atoms with Gasteiger partial charge in [-0.15, -0.1) is 10.2 Å². The molecule has 5 aliphatic rings. The van der Waals surface area contributed by atoms with Crippen molar-refractivity contribution in [1.29, 1.82) is 0 Å². The van der Waals surface area contributed by atoms with Crippen molar-refractivity contribution in [1.82, 2.24) is 35.2 Å². The van der Waals surface area contributed by atoms with Crippen molar-refractivity contribution in [2.45, 2.75) is 82.9 Å². The van der Waals surface area contributed by atoms with E-state index in [2.05, 4.69) is 53.9 Å². The Labute approximate surface area is 270 Å². The van der Waals surface area contributed by atoms with Crippen LogP contribution in [0.15, 0.2) is 36.9 Å². The van der Waals surface area contributed by atoms with Crippen LogP contribution in [0.3, 0.4) is 0 Å². The van der Waals surface area contributed by atoms with Gasteiger partial charge in [0.05, 0.1) is 18.0 Å². The molecule has 1 N–H and O–H groups in total. The number of aromatic nitrogens is 5. The molecule has 0 radical (unpaired) electrons. The van der Waals surface area contributed by atoms with E-state index in [4.69, 9.17) is 4.74 Å². The molecular weight excluding hydrogens is 583 g/mol. The van der Waals surface area contributed by atoms with E-state index in [1.165, 1.54) is 31.3 Å². The average Bonchev–Trinajstić information content (AvgIpc) is 3.65. The second-order valence-electron chi connectivity index (χ2n) is 15.4. The second kappa shape index (κ2) is 11.5. The third-order valence-electron chi connectivity index (χ3n) is 11.3. The molecule has 3 aromatic rings. The summed E-state index contributed by atoms with van der Waals surface area (Å²) in [5.41, 5.74) is 2.25. The lowest BCUT2D eigenvalue weighted by molar-refractivity contribution is -0.0799. The smallest absolute Gasteiger partial charge is 0.282 e. The number of β-amino-alcohol motifs (C(OH)–C–C–N with tert-alkyl or cyclic N) is 1. The molecule has 1 aromatic carbocycles. The molecule has 2 atom stereocenters. The summed E-state index contributed by atoms with van der Waals surface area (Å²) >= 11 is 0. The van der Waals surface area contributed by atoms with Crippen LogP contribution >= 0.6 is 0 Å². The van der Waals surface area contributed by atoms with Gasteiger partial charge in [-0.1, -0.05) is 13.8 Å². The first kappa shape index (κ1) is 30.1. The second-order valence-corrected chi connectivity index (χ2v) is 15.4. The fourth-order valence-corrected chi connectivity index (χ4v) is 8.89. The van der Waals surface area contributed by atoms with Crippen LogP contribution in [0.2, 0.25) is 0 Å². The number of aliphatic hydroxyl groups is 1. The van der Waals surface area contributed by atoms with Crippen LogP contribution in [-0.2, 0) is 0 Å². The van der Waals surface area contributed by atoms with E-state index in [0.29, 0.717) is 46.9 Å². The van der Waals surface area contributed by atoms with Gasteiger partial charge in [-0.3, -0.25) is 9.80 Å². The summed E-state index contributed by atoms with van der Waals surface area (Å²) in [4.78, 5) is 12.2. The van der Waals surface area contributed by atoms with Crippen LogP contribution in [0.1, 0.15) is 70.8 Å². The standard InChI is InChI=1S/C35H45FN8O2/c1-22(2)31(24-12-26(13-24)42-10-8-34(3,45)17-42)44-19-35(20-44)9-11-43(18-35)32-33(41-40-21-37-32)46-30-7-6-25(36)14-27(30)29-16-39-38-15-28(29)23-4-5-23/h6-7,14-16,21-24,26,31,45H,4-5,8-13,17-20H2,1-3H3/t24?,26?,31-,34+/m0/s1. The maximum atomic E-state index is 14.6. The molecule has 0 amide bonds. The monoisotopic (exact) mass is 628 g/mol. The topological polar surface area (TPSA) is 104 Å². The molecule has 2 aliphatic carbocycles. The van der Waals surface area contributed by atoms with E-state index >= 15 is 0 Å². The Morgan fingerprint density at radius 3 is 2.52 bits per heavy atom. The van der Waals surface area contributed by atoms with Gasteiger partial charge in [0.25, 0.3) is 5.88 Å². The Morgan fingerprint density at radius 1 is 0.978 bits per heavy atom. The van der Waals surface area contributed by atoms with E-state index in [-0.39, 0.29) is 11.2 Å². The molecule has 0 unspecified atom stereocenters. The van der Waals surface area contributed by atoms with E-state index in [9.17, 15) is 9.50 Å². The molecular formula is C35H45FN8O2. The summed E-state index contributed by atoms with van der Waals surface area (Å²) in [6, 6.07) is 5.78. The first-order chi connectivity index (χ1) is 22.2. The number of ether oxygens (including phenoxy) is 1. The van der Waals surface area contributed by atoms with Crippen molar-refractivity contribution < 1.29 is 14.2 Å². The minimum atomic E-state index is -0.525. The third-order valence-corrected chi connectivity index (χ3v) is 11.3. The minimum absolute atomic E-state index is 0.231. The van der Waals surface area contributed by atoms with Crippen LogP contribution in [0.5, 0.6) is 11.6 Å². The van der Waals surface area contributed by atoms with Gasteiger partial charge >= 0.3 is 0 Å². The molecule has 244 valence electrons. The Hall–Kier alpha value is -3.28. The zero-order valence-electron chi connectivity index (χ0n) is 27.1. The predicted molar refractivity (Wildman–Crippen MR) is 172 cm³/mol. The number of hydrogen-bond donors (Lipinski definition) is 1. The molecule has 0 bridgehead atoms. The number of hydrogen-bond acceptors (Lipinski definition) is 10. The van der Waals surface area contributed by atoms with Crippen molar-refractivity contribution in [3.05, 3.63) is 48.3 Å². The minimum Gasteiger partial charge on any atom is -0.434 e. The van der Waals surface area contributed by atoms with Crippen molar-refractivity contribution in [3.63, 3.8) is 0 Å². The van der Waals surface area contributed by atoms with Crippen LogP contribution in [0.4, 0.5) is 10.2 Å². The number of nitrogens with zero attached hydrogens (tertiary/aromatic N) is 8. The molecule has 5 heterocycles. The Balaban J connectivity index is 0.948. The maximum Gasteiger partial charge on any atom is 0.282 e. The highest BCUT2D eigenvalue weighted by Gasteiger charge is 2.53. The highest BCUT2D eigenvalue weighted by Crippen LogP contribution is 2.49. The summed E-state index contributed by atoms with van der Waals surface area (Å²) in [5, 5.41) is 27.1. The van der Waals surface area contributed by atoms with Crippen molar-refractivity contribution in [2.75, 3.05) is 44.2 Å². The first-order valence-electron chi connectivity index (χ1n) is 17.1. The van der Waals surface area contributed by atoms with Gasteiger partial charge in [0.1, 0.15) is 17.9 Å². The van der Waals surface area contributed by atoms with E-state index in [1.807, 2.05) is 6.92 Å². The van der Waals surface area contributed by atoms with Crippen LogP contribution in [-0.4, -0.2) is 97.2 Å². The highest BCUT2D eigenvalue weighted by atomic mass is 19.1. The maximum absolute atomic E-state index is 14.6. The summed E-state index contributed by atoms with van der Waals surface area (Å²) in [5.74, 6) is 2.92. The molecule has 11 heteroatoms. The van der Waals surface area contributed by atoms with Gasteiger partial charge in [-0.25, -0.2) is 9.37 Å². The lowest BCUT2D eigenvalue weighted by atomic mass is 9.68. The van der Waals surface area contributed by atoms with Gasteiger partial charge in [0.15, 0.2) is 5.82 Å². The van der Waals surface area contributed by atoms with E-state index in [1.54, 1.807) is 18.5 Å². The van der Waals surface area contributed by atoms with Gasteiger partial charge in [-0.2, -0.15) is 10.2 Å². The predicted octanol–water partition coefficient (Wildman–Crippen LogP) is 4.91. The zero-order valence-corrected chi connectivity index (χ0v) is 27.1. The summed E-state index contributed by atoms with van der Waals surface area (Å²) in [6.45, 7) is 12.5. The molecule has 3 saturated heterocycles. The fraction of sp³-hybridized carbons (Fsp3) is 0.629. The molecule has 3 aliphatic heterocycles. The molecule has 2 saturated carbocycles. The van der Waals surface area contributed by atoms with Crippen LogP contribution in [0.25, 0.3) is 11.1 Å². The van der Waals surface area contributed by atoms with Gasteiger partial charge in [0, 0.05) is 67.9 Å². The average molecular weight is 629 g/mol. The lowest BCUT2D eigenvalue weighted by Gasteiger charge is -2.57. The normalized spacial score (nSPS) is 28.4. The van der Waals surface area contributed by atoms with E-state index < -0.39 is 5.60 Å². The SMILES string of the molecule is CC(C)[C@@H](C1CC(N2CC[C@@](C)(O)C2)C1)N1CC2(CCN(c3ncnnc3Oc3ccc(F)cc3-c3cnncc3C3CC3)C2)C1. The van der Waals surface area contributed by atoms with Crippen LogP contribution in [0, 0.1) is 23.1 Å². The molecule has 5 fully saturated rings. The lowest BCUT2D eigenvalue weighted by Crippen LogP contribution is -2.65. The number of halogens is 1. The quantitative estimate of drug-likeness (QED) is 0.352. The van der Waals surface area contributed by atoms with Crippen molar-refractivity contribution in [2.24, 2.45) is 17.3 Å². The van der Waals surface area contributed by atoms with Gasteiger partial charge in [0.2, 0.25) is 0 Å². The molecule has 10 nitrogen and oxygen atoms in total. The molecule has 2 aromatic heterocycles. The summed E-state index contributed by atoms with van der Waals surface area (Å²) in [6.07, 6.45) is 11.6. The van der Waals surface area contributed by atoms with Gasteiger partial charge < -0.3 is 14.7 Å². The van der Waals surface area contributed by atoms with Gasteiger partial charge in [-0.05, 0) is 87.0 Å². The summed E-state index contributed by atoms with van der Waals surface area (Å²) < 4.78 is 21.0. The largest absolute Gasteiger partial charge is 0.434 e. The van der Waals surface area contributed by atoms with E-state index in [0.717, 1.165) is 82.0 Å². The highest BCUT2D eigenvalue weighted by molar-refractivity contribution is 5.74. The number of benzene rings is 1. The first-order valence-corrected chi connectivity index (χ1v) is 17.1. The third kappa shape index (κ3) is 5.64. The number of likely N-dealkylation sites (tertiary alicyclic amines) is 2. The fourth-order valence-electron chi connectivity index (χ4n) is 8.89. The number of rotatable bonds is 9. The van der Waals surface area contributed by atoms with Crippen molar-refractivity contribution in [3.8, 4) is 22.8 Å². The summed E-state index contributed by atoms with van der Waals surface area (Å²) in [7, 11) is 0. The Bertz CT molecular complexity index is 1590. The molecule has 46 heavy (non-hydrogen) atoms. The Morgan fingerprint density at radius 2 is 1.78 bits per heavy atom. The zero-order chi connectivity index (χ0) is 31.6. The van der Waals surface area contributed by atoms with Crippen molar-refractivity contribution >= 4 is 5.82 Å². The number of anilines is 1. The molecule has 8 rings (SSSR count). The molecule has 1 spiro atoms. The Kier molecular flexibility index (Phi) is 7.49. The van der Waals surface area contributed by atoms with Crippen LogP contribution < -0.4 is 9.64 Å².